The fraction of sp³-hybridized carbons (Fsp3) is 0.850. The number of aliphatic hydroxyl groups is 4. The van der Waals surface area contributed by atoms with Crippen LogP contribution in [0.5, 0.6) is 0 Å². The molecule has 6 rings (SSSR count). The lowest BCUT2D eigenvalue weighted by atomic mass is 9.36. The van der Waals surface area contributed by atoms with Crippen molar-refractivity contribution in [2.45, 2.75) is 63.6 Å². The first-order valence-electron chi connectivity index (χ1n) is 9.70. The third kappa shape index (κ3) is 1.44. The van der Waals surface area contributed by atoms with Crippen LogP contribution in [0, 0.1) is 34.0 Å². The molecule has 0 aromatic heterocycles. The molecule has 4 bridgehead atoms. The average molecular weight is 364 g/mol. The minimum atomic E-state index is -2.20. The highest BCUT2D eigenvalue weighted by molar-refractivity contribution is 6.05. The van der Waals surface area contributed by atoms with Crippen LogP contribution in [0.2, 0.25) is 0 Å². The van der Waals surface area contributed by atoms with Crippen LogP contribution >= 0.6 is 0 Å². The van der Waals surface area contributed by atoms with Gasteiger partial charge in [0.1, 0.15) is 11.5 Å². The Balaban J connectivity index is 1.82. The van der Waals surface area contributed by atoms with Gasteiger partial charge in [-0.2, -0.15) is 0 Å². The van der Waals surface area contributed by atoms with E-state index in [4.69, 9.17) is 4.74 Å². The van der Waals surface area contributed by atoms with Crippen molar-refractivity contribution < 1.29 is 30.0 Å². The summed E-state index contributed by atoms with van der Waals surface area (Å²) in [7, 11) is 0. The van der Waals surface area contributed by atoms with Crippen LogP contribution in [0.15, 0.2) is 12.2 Å². The Morgan fingerprint density at radius 2 is 1.81 bits per heavy atom. The average Bonchev–Trinajstić information content (AvgIpc) is 2.67. The highest BCUT2D eigenvalue weighted by Crippen LogP contribution is 2.76. The first kappa shape index (κ1) is 17.3. The lowest BCUT2D eigenvalue weighted by Crippen LogP contribution is -2.85. The van der Waals surface area contributed by atoms with Crippen LogP contribution in [0.3, 0.4) is 0 Å². The van der Waals surface area contributed by atoms with Gasteiger partial charge in [0.2, 0.25) is 5.79 Å². The molecule has 26 heavy (non-hydrogen) atoms. The maximum Gasteiger partial charge on any atom is 0.208 e. The smallest absolute Gasteiger partial charge is 0.208 e. The van der Waals surface area contributed by atoms with E-state index in [0.29, 0.717) is 6.42 Å². The molecule has 9 atom stereocenters. The van der Waals surface area contributed by atoms with Gasteiger partial charge >= 0.3 is 0 Å². The molecule has 0 radical (unpaired) electrons. The summed E-state index contributed by atoms with van der Waals surface area (Å²) >= 11 is 0. The van der Waals surface area contributed by atoms with E-state index in [0.717, 1.165) is 12.8 Å². The van der Waals surface area contributed by atoms with Crippen molar-refractivity contribution >= 4 is 5.78 Å². The maximum atomic E-state index is 13.4. The molecule has 0 aromatic rings. The number of hydrogen-bond acceptors (Lipinski definition) is 6. The molecule has 6 nitrogen and oxygen atoms in total. The summed E-state index contributed by atoms with van der Waals surface area (Å²) in [5.74, 6) is -4.19. The van der Waals surface area contributed by atoms with E-state index in [2.05, 4.69) is 20.4 Å². The molecule has 2 spiro atoms. The van der Waals surface area contributed by atoms with E-state index in [9.17, 15) is 25.2 Å². The summed E-state index contributed by atoms with van der Waals surface area (Å²) < 4.78 is 5.83. The van der Waals surface area contributed by atoms with Gasteiger partial charge in [0, 0.05) is 23.2 Å². The molecule has 6 heteroatoms. The molecule has 2 heterocycles. The summed E-state index contributed by atoms with van der Waals surface area (Å²) in [6.07, 6.45) is -0.572. The number of ketones is 1. The lowest BCUT2D eigenvalue weighted by molar-refractivity contribution is -0.456. The number of ether oxygens (including phenoxy) is 1. The van der Waals surface area contributed by atoms with Crippen molar-refractivity contribution in [1.29, 1.82) is 0 Å². The number of hydrogen-bond donors (Lipinski definition) is 4. The molecule has 144 valence electrons. The Kier molecular flexibility index (Phi) is 3.07. The minimum absolute atomic E-state index is 0.190. The van der Waals surface area contributed by atoms with Gasteiger partial charge in [-0.1, -0.05) is 26.8 Å². The second-order valence-electron chi connectivity index (χ2n) is 10.0. The quantitative estimate of drug-likeness (QED) is 0.463. The zero-order valence-electron chi connectivity index (χ0n) is 15.3. The van der Waals surface area contributed by atoms with E-state index in [1.165, 1.54) is 0 Å². The number of fused-ring (bicyclic) bond motifs is 2. The predicted octanol–water partition coefficient (Wildman–Crippen LogP) is 0.376. The van der Waals surface area contributed by atoms with Crippen LogP contribution in [0.25, 0.3) is 0 Å². The van der Waals surface area contributed by atoms with Gasteiger partial charge < -0.3 is 25.2 Å². The zero-order valence-corrected chi connectivity index (χ0v) is 15.3. The summed E-state index contributed by atoms with van der Waals surface area (Å²) in [6, 6.07) is 0. The number of carbonyl (C=O) groups excluding carboxylic acids is 1. The molecular formula is C20H28O6. The number of aliphatic hydroxyl groups excluding tert-OH is 3. The summed E-state index contributed by atoms with van der Waals surface area (Å²) in [4.78, 5) is 13.4. The van der Waals surface area contributed by atoms with Gasteiger partial charge in [0.15, 0.2) is 5.78 Å². The molecule has 0 amide bonds. The fourth-order valence-electron chi connectivity index (χ4n) is 8.03. The number of rotatable bonds is 0. The maximum absolute atomic E-state index is 13.4. The van der Waals surface area contributed by atoms with Crippen molar-refractivity contribution in [3.8, 4) is 0 Å². The second kappa shape index (κ2) is 4.61. The first-order chi connectivity index (χ1) is 12.1. The summed E-state index contributed by atoms with van der Waals surface area (Å²) in [6.45, 7) is 8.18. The van der Waals surface area contributed by atoms with Gasteiger partial charge in [0.05, 0.1) is 18.8 Å². The molecular weight excluding hydrogens is 336 g/mol. The van der Waals surface area contributed by atoms with E-state index in [-0.39, 0.29) is 29.9 Å². The normalized spacial score (nSPS) is 59.9. The molecule has 0 unspecified atom stereocenters. The Labute approximate surface area is 152 Å². The van der Waals surface area contributed by atoms with Gasteiger partial charge in [-0.25, -0.2) is 0 Å². The first-order valence-corrected chi connectivity index (χ1v) is 9.70. The van der Waals surface area contributed by atoms with E-state index < -0.39 is 52.5 Å². The second-order valence-corrected chi connectivity index (χ2v) is 10.0. The van der Waals surface area contributed by atoms with Crippen LogP contribution in [-0.4, -0.2) is 56.9 Å². The fourth-order valence-corrected chi connectivity index (χ4v) is 8.03. The molecule has 2 aliphatic heterocycles. The van der Waals surface area contributed by atoms with Gasteiger partial charge in [0.25, 0.3) is 0 Å². The monoisotopic (exact) mass is 364 g/mol. The van der Waals surface area contributed by atoms with Crippen LogP contribution in [-0.2, 0) is 9.53 Å². The van der Waals surface area contributed by atoms with Crippen LogP contribution in [0.1, 0.15) is 39.5 Å². The molecule has 4 N–H and O–H groups in total. The SMILES string of the molecule is C=C1C(=O)[C@]23[C@H](O)[C@H]1C[C@H](O)[C@H]2[C@]12CCCC(C)(C)[C@H]1[C@H](O)[C@@]3(O)OC2. The predicted molar refractivity (Wildman–Crippen MR) is 90.7 cm³/mol. The van der Waals surface area contributed by atoms with Crippen molar-refractivity contribution in [2.24, 2.45) is 34.0 Å². The Bertz CT molecular complexity index is 717. The minimum Gasteiger partial charge on any atom is -0.393 e. The van der Waals surface area contributed by atoms with Crippen molar-refractivity contribution in [2.75, 3.05) is 6.61 Å². The van der Waals surface area contributed by atoms with E-state index in [1.54, 1.807) is 0 Å². The molecule has 4 aliphatic carbocycles. The molecule has 6 aliphatic rings. The lowest BCUT2D eigenvalue weighted by Gasteiger charge is -2.74. The highest BCUT2D eigenvalue weighted by Gasteiger charge is 2.87. The van der Waals surface area contributed by atoms with E-state index in [1.807, 2.05) is 0 Å². The number of Topliss-reactive ketones (excluding diaryl/α,β-unsaturated/α-hetero) is 1. The Morgan fingerprint density at radius 3 is 2.50 bits per heavy atom. The van der Waals surface area contributed by atoms with Gasteiger partial charge in [-0.05, 0) is 30.3 Å². The third-order valence-electron chi connectivity index (χ3n) is 8.75. The Morgan fingerprint density at radius 1 is 1.12 bits per heavy atom. The highest BCUT2D eigenvalue weighted by atomic mass is 16.6. The largest absolute Gasteiger partial charge is 0.393 e. The third-order valence-corrected chi connectivity index (χ3v) is 8.75. The molecule has 2 saturated heterocycles. The molecule has 0 aromatic carbocycles. The topological polar surface area (TPSA) is 107 Å². The van der Waals surface area contributed by atoms with E-state index >= 15 is 0 Å². The standard InChI is InChI=1S/C20H28O6/c1-9-10-7-11(21)12-18-6-4-5-17(2,3)13(18)16(24)20(25,26-8-18)19(12,14(9)22)15(10)23/h10-13,15-16,21,23-25H,1,4-8H2,2-3H3/t10-,11-,12-,13+,15+,16-,18+,19-,20+/m0/s1. The number of carbonyl (C=O) groups is 1. The summed E-state index contributed by atoms with van der Waals surface area (Å²) in [5, 5.41) is 45.1. The van der Waals surface area contributed by atoms with Gasteiger partial charge in [-0.3, -0.25) is 4.79 Å². The summed E-state index contributed by atoms with van der Waals surface area (Å²) in [5.41, 5.74) is -2.40. The van der Waals surface area contributed by atoms with Crippen molar-refractivity contribution in [1.82, 2.24) is 0 Å². The molecule has 6 fully saturated rings. The molecule has 4 saturated carbocycles. The van der Waals surface area contributed by atoms with Crippen molar-refractivity contribution in [3.63, 3.8) is 0 Å². The van der Waals surface area contributed by atoms with Crippen LogP contribution < -0.4 is 0 Å². The van der Waals surface area contributed by atoms with Crippen molar-refractivity contribution in [3.05, 3.63) is 12.2 Å². The van der Waals surface area contributed by atoms with Gasteiger partial charge in [-0.15, -0.1) is 0 Å². The Hall–Kier alpha value is -0.790. The zero-order chi connectivity index (χ0) is 18.9. The van der Waals surface area contributed by atoms with Crippen LogP contribution in [0.4, 0.5) is 0 Å².